The topological polar surface area (TPSA) is 64.2 Å². The number of aryl methyl sites for hydroxylation is 1. The van der Waals surface area contributed by atoms with Gasteiger partial charge in [-0.25, -0.2) is 0 Å². The molecule has 0 aliphatic rings. The molecular weight excluding hydrogens is 208 g/mol. The summed E-state index contributed by atoms with van der Waals surface area (Å²) in [5.74, 6) is -0.899. The maximum atomic E-state index is 11.8. The number of carboxylic acids is 1. The van der Waals surface area contributed by atoms with Gasteiger partial charge in [0.15, 0.2) is 0 Å². The maximum Gasteiger partial charge on any atom is 0.307 e. The van der Waals surface area contributed by atoms with Crippen LogP contribution in [0.5, 0.6) is 0 Å². The summed E-state index contributed by atoms with van der Waals surface area (Å²) in [5, 5.41) is 9.36. The van der Waals surface area contributed by atoms with E-state index in [9.17, 15) is 9.59 Å². The molecule has 1 heterocycles. The molecule has 0 spiro atoms. The molecule has 5 nitrogen and oxygen atoms in total. The highest BCUT2D eigenvalue weighted by molar-refractivity contribution is 5.85. The van der Waals surface area contributed by atoms with Crippen molar-refractivity contribution in [2.24, 2.45) is 14.1 Å². The fourth-order valence-electron chi connectivity index (χ4n) is 1.91. The second kappa shape index (κ2) is 3.52. The Morgan fingerprint density at radius 1 is 1.31 bits per heavy atom. The molecule has 0 amide bonds. The average Bonchev–Trinajstić information content (AvgIpc) is 2.44. The Hall–Kier alpha value is -2.04. The van der Waals surface area contributed by atoms with E-state index in [4.69, 9.17) is 5.11 Å². The molecule has 0 fully saturated rings. The second-order valence-electron chi connectivity index (χ2n) is 3.74. The third-order valence-electron chi connectivity index (χ3n) is 2.76. The summed E-state index contributed by atoms with van der Waals surface area (Å²) < 4.78 is 3.14. The highest BCUT2D eigenvalue weighted by Gasteiger charge is 2.13. The lowest BCUT2D eigenvalue weighted by Crippen LogP contribution is -2.16. The van der Waals surface area contributed by atoms with Crippen LogP contribution < -0.4 is 5.56 Å². The van der Waals surface area contributed by atoms with Crippen LogP contribution in [0, 0.1) is 0 Å². The van der Waals surface area contributed by atoms with Gasteiger partial charge in [-0.3, -0.25) is 19.0 Å². The predicted molar refractivity (Wildman–Crippen MR) is 59.5 cm³/mol. The second-order valence-corrected chi connectivity index (χ2v) is 3.74. The molecule has 2 aromatic rings. The fourth-order valence-corrected chi connectivity index (χ4v) is 1.91. The van der Waals surface area contributed by atoms with Crippen LogP contribution in [0.15, 0.2) is 23.0 Å². The molecule has 1 aromatic carbocycles. The number of carbonyl (C=O) groups is 1. The first-order valence-corrected chi connectivity index (χ1v) is 4.87. The SMILES string of the molecule is Cn1c(=O)c2cccc(CC(=O)O)c2n1C. The van der Waals surface area contributed by atoms with E-state index in [1.807, 2.05) is 0 Å². The number of benzene rings is 1. The van der Waals surface area contributed by atoms with Gasteiger partial charge < -0.3 is 5.11 Å². The number of nitrogens with zero attached hydrogens (tertiary/aromatic N) is 2. The molecule has 16 heavy (non-hydrogen) atoms. The molecule has 84 valence electrons. The Bertz CT molecular complexity index is 622. The van der Waals surface area contributed by atoms with E-state index in [1.54, 1.807) is 37.0 Å². The molecule has 0 bridgehead atoms. The monoisotopic (exact) mass is 220 g/mol. The van der Waals surface area contributed by atoms with E-state index in [0.29, 0.717) is 16.5 Å². The Morgan fingerprint density at radius 3 is 2.62 bits per heavy atom. The van der Waals surface area contributed by atoms with Gasteiger partial charge in [0.25, 0.3) is 5.56 Å². The first kappa shape index (κ1) is 10.5. The summed E-state index contributed by atoms with van der Waals surface area (Å²) in [4.78, 5) is 22.5. The van der Waals surface area contributed by atoms with Gasteiger partial charge in [0.05, 0.1) is 17.3 Å². The minimum absolute atomic E-state index is 0.0748. The Labute approximate surface area is 91.5 Å². The highest BCUT2D eigenvalue weighted by atomic mass is 16.4. The molecule has 1 aromatic heterocycles. The van der Waals surface area contributed by atoms with Gasteiger partial charge in [0, 0.05) is 14.1 Å². The Kier molecular flexibility index (Phi) is 2.30. The predicted octanol–water partition coefficient (Wildman–Crippen LogP) is 0.504. The molecule has 2 rings (SSSR count). The lowest BCUT2D eigenvalue weighted by atomic mass is 10.1. The van der Waals surface area contributed by atoms with E-state index in [-0.39, 0.29) is 12.0 Å². The highest BCUT2D eigenvalue weighted by Crippen LogP contribution is 2.16. The van der Waals surface area contributed by atoms with Crippen LogP contribution in [0.3, 0.4) is 0 Å². The third kappa shape index (κ3) is 1.41. The van der Waals surface area contributed by atoms with Gasteiger partial charge >= 0.3 is 5.97 Å². The summed E-state index contributed by atoms with van der Waals surface area (Å²) in [5.41, 5.74) is 1.24. The number of para-hydroxylation sites is 1. The number of carboxylic acid groups (broad SMARTS) is 1. The number of fused-ring (bicyclic) bond motifs is 1. The Balaban J connectivity index is 2.82. The molecule has 1 N–H and O–H groups in total. The van der Waals surface area contributed by atoms with Crippen LogP contribution in [-0.2, 0) is 25.3 Å². The molecule has 0 aliphatic heterocycles. The van der Waals surface area contributed by atoms with Crippen molar-refractivity contribution < 1.29 is 9.90 Å². The normalized spacial score (nSPS) is 10.9. The zero-order chi connectivity index (χ0) is 11.9. The van der Waals surface area contributed by atoms with Crippen LogP contribution in [-0.4, -0.2) is 20.4 Å². The van der Waals surface area contributed by atoms with E-state index in [1.165, 1.54) is 4.68 Å². The van der Waals surface area contributed by atoms with Crippen LogP contribution in [0.1, 0.15) is 5.56 Å². The molecule has 0 saturated heterocycles. The first-order chi connectivity index (χ1) is 7.52. The third-order valence-corrected chi connectivity index (χ3v) is 2.76. The zero-order valence-electron chi connectivity index (χ0n) is 9.10. The summed E-state index contributed by atoms with van der Waals surface area (Å²) in [6.45, 7) is 0. The van der Waals surface area contributed by atoms with Gasteiger partial charge in [-0.15, -0.1) is 0 Å². The number of rotatable bonds is 2. The Morgan fingerprint density at radius 2 is 2.00 bits per heavy atom. The average molecular weight is 220 g/mol. The smallest absolute Gasteiger partial charge is 0.307 e. The molecule has 0 radical (unpaired) electrons. The molecule has 0 aliphatic carbocycles. The van der Waals surface area contributed by atoms with Crippen LogP contribution in [0.25, 0.3) is 10.9 Å². The van der Waals surface area contributed by atoms with Crippen molar-refractivity contribution >= 4 is 16.9 Å². The molecule has 5 heteroatoms. The van der Waals surface area contributed by atoms with Crippen LogP contribution in [0.4, 0.5) is 0 Å². The molecule has 0 saturated carbocycles. The van der Waals surface area contributed by atoms with Crippen molar-refractivity contribution in [1.82, 2.24) is 9.36 Å². The van der Waals surface area contributed by atoms with Crippen molar-refractivity contribution in [3.63, 3.8) is 0 Å². The quantitative estimate of drug-likeness (QED) is 0.801. The number of aromatic nitrogens is 2. The summed E-state index contributed by atoms with van der Waals surface area (Å²) in [6.07, 6.45) is -0.0748. The van der Waals surface area contributed by atoms with E-state index in [0.717, 1.165) is 0 Å². The van der Waals surface area contributed by atoms with Crippen molar-refractivity contribution in [1.29, 1.82) is 0 Å². The van der Waals surface area contributed by atoms with Gasteiger partial charge in [-0.05, 0) is 11.6 Å². The van der Waals surface area contributed by atoms with Gasteiger partial charge in [0.1, 0.15) is 0 Å². The number of hydrogen-bond acceptors (Lipinski definition) is 2. The van der Waals surface area contributed by atoms with Gasteiger partial charge in [0.2, 0.25) is 0 Å². The number of hydrogen-bond donors (Lipinski definition) is 1. The van der Waals surface area contributed by atoms with Crippen LogP contribution in [0.2, 0.25) is 0 Å². The standard InChI is InChI=1S/C11H12N2O3/c1-12-10-7(6-9(14)15)4-3-5-8(10)11(16)13(12)2/h3-5H,6H2,1-2H3,(H,14,15). The largest absolute Gasteiger partial charge is 0.481 e. The van der Waals surface area contributed by atoms with Crippen molar-refractivity contribution in [3.05, 3.63) is 34.1 Å². The van der Waals surface area contributed by atoms with Crippen LogP contribution >= 0.6 is 0 Å². The first-order valence-electron chi connectivity index (χ1n) is 4.87. The van der Waals surface area contributed by atoms with Crippen molar-refractivity contribution in [2.75, 3.05) is 0 Å². The summed E-state index contributed by atoms with van der Waals surface area (Å²) in [7, 11) is 3.40. The lowest BCUT2D eigenvalue weighted by Gasteiger charge is -2.04. The van der Waals surface area contributed by atoms with Crippen molar-refractivity contribution in [3.8, 4) is 0 Å². The lowest BCUT2D eigenvalue weighted by molar-refractivity contribution is -0.136. The van der Waals surface area contributed by atoms with E-state index < -0.39 is 5.97 Å². The number of aliphatic carboxylic acids is 1. The molecular formula is C11H12N2O3. The minimum Gasteiger partial charge on any atom is -0.481 e. The summed E-state index contributed by atoms with van der Waals surface area (Å²) in [6, 6.07) is 5.15. The van der Waals surface area contributed by atoms with E-state index in [2.05, 4.69) is 0 Å². The van der Waals surface area contributed by atoms with Gasteiger partial charge in [-0.1, -0.05) is 12.1 Å². The van der Waals surface area contributed by atoms with E-state index >= 15 is 0 Å². The van der Waals surface area contributed by atoms with Crippen molar-refractivity contribution in [2.45, 2.75) is 6.42 Å². The molecule has 0 unspecified atom stereocenters. The molecule has 0 atom stereocenters. The fraction of sp³-hybridized carbons (Fsp3) is 0.273. The zero-order valence-corrected chi connectivity index (χ0v) is 9.10. The van der Waals surface area contributed by atoms with Gasteiger partial charge in [-0.2, -0.15) is 0 Å². The maximum absolute atomic E-state index is 11.8. The summed E-state index contributed by atoms with van der Waals surface area (Å²) >= 11 is 0. The minimum atomic E-state index is -0.899.